The van der Waals surface area contributed by atoms with Gasteiger partial charge < -0.3 is 10.4 Å². The minimum Gasteiger partial charge on any atom is -0.391 e. The summed E-state index contributed by atoms with van der Waals surface area (Å²) in [4.78, 5) is 0. The molecule has 1 aromatic rings. The third-order valence-electron chi connectivity index (χ3n) is 4.82. The van der Waals surface area contributed by atoms with E-state index in [1.807, 2.05) is 13.2 Å². The number of hydrogen-bond acceptors (Lipinski definition) is 3. The van der Waals surface area contributed by atoms with Gasteiger partial charge in [-0.1, -0.05) is 19.3 Å². The zero-order chi connectivity index (χ0) is 13.2. The van der Waals surface area contributed by atoms with E-state index in [2.05, 4.69) is 15.1 Å². The Morgan fingerprint density at radius 3 is 2.79 bits per heavy atom. The molecule has 0 bridgehead atoms. The molecule has 1 heterocycles. The van der Waals surface area contributed by atoms with E-state index in [-0.39, 0.29) is 12.1 Å². The molecule has 1 saturated carbocycles. The molecule has 0 spiro atoms. The van der Waals surface area contributed by atoms with Crippen LogP contribution in [0.3, 0.4) is 0 Å². The molecule has 2 aliphatic carbocycles. The van der Waals surface area contributed by atoms with Crippen molar-refractivity contribution in [2.45, 2.75) is 69.6 Å². The summed E-state index contributed by atoms with van der Waals surface area (Å²) >= 11 is 0. The van der Waals surface area contributed by atoms with Gasteiger partial charge in [-0.15, -0.1) is 0 Å². The lowest BCUT2D eigenvalue weighted by Crippen LogP contribution is -2.29. The molecule has 0 aliphatic heterocycles. The van der Waals surface area contributed by atoms with E-state index < -0.39 is 0 Å². The maximum Gasteiger partial charge on any atom is 0.0781 e. The number of rotatable bonds is 2. The molecule has 0 aromatic carbocycles. The largest absolute Gasteiger partial charge is 0.391 e. The van der Waals surface area contributed by atoms with Crippen molar-refractivity contribution in [3.05, 3.63) is 17.5 Å². The van der Waals surface area contributed by atoms with Crippen molar-refractivity contribution < 1.29 is 5.11 Å². The van der Waals surface area contributed by atoms with Gasteiger partial charge in [0.15, 0.2) is 0 Å². The van der Waals surface area contributed by atoms with Gasteiger partial charge in [-0.05, 0) is 39.2 Å². The predicted octanol–water partition coefficient (Wildman–Crippen LogP) is 2.35. The van der Waals surface area contributed by atoms with E-state index in [0.717, 1.165) is 25.7 Å². The van der Waals surface area contributed by atoms with E-state index in [1.165, 1.54) is 36.9 Å². The van der Waals surface area contributed by atoms with Gasteiger partial charge in [0.25, 0.3) is 0 Å². The summed E-state index contributed by atoms with van der Waals surface area (Å²) in [5.74, 6) is 0. The van der Waals surface area contributed by atoms with Crippen LogP contribution in [-0.2, 0) is 6.42 Å². The number of fused-ring (bicyclic) bond motifs is 1. The van der Waals surface area contributed by atoms with E-state index >= 15 is 0 Å². The van der Waals surface area contributed by atoms with Gasteiger partial charge in [-0.25, -0.2) is 0 Å². The van der Waals surface area contributed by atoms with E-state index in [1.54, 1.807) is 0 Å². The second-order valence-electron chi connectivity index (χ2n) is 6.00. The van der Waals surface area contributed by atoms with E-state index in [0.29, 0.717) is 6.04 Å². The lowest BCUT2D eigenvalue weighted by molar-refractivity contribution is 0.0679. The molecular weight excluding hydrogens is 238 g/mol. The van der Waals surface area contributed by atoms with Gasteiger partial charge in [-0.3, -0.25) is 4.68 Å². The Balaban J connectivity index is 1.92. The standard InChI is InChI=1S/C15H25N3O/c1-16-12-6-2-3-7-13-11(12)10-17-18(13)14-8-4-5-9-15(14)19/h10,12,14-16,19H,2-9H2,1H3. The Labute approximate surface area is 115 Å². The van der Waals surface area contributed by atoms with E-state index in [4.69, 9.17) is 0 Å². The smallest absolute Gasteiger partial charge is 0.0781 e. The Morgan fingerprint density at radius 2 is 2.00 bits per heavy atom. The first kappa shape index (κ1) is 13.1. The SMILES string of the molecule is CNC1CCCCc2c1cnn2C1CCCCC1O. The number of hydrogen-bond donors (Lipinski definition) is 2. The summed E-state index contributed by atoms with van der Waals surface area (Å²) in [6.07, 6.45) is 11.0. The van der Waals surface area contributed by atoms with Crippen LogP contribution >= 0.6 is 0 Å². The molecule has 4 heteroatoms. The molecular formula is C15H25N3O. The summed E-state index contributed by atoms with van der Waals surface area (Å²) in [6.45, 7) is 0. The quantitative estimate of drug-likeness (QED) is 0.805. The highest BCUT2D eigenvalue weighted by atomic mass is 16.3. The highest BCUT2D eigenvalue weighted by Crippen LogP contribution is 2.34. The van der Waals surface area contributed by atoms with Crippen LogP contribution in [0.1, 0.15) is 68.3 Å². The number of aromatic nitrogens is 2. The maximum atomic E-state index is 10.3. The molecule has 0 radical (unpaired) electrons. The average molecular weight is 263 g/mol. The minimum atomic E-state index is -0.214. The molecule has 0 saturated heterocycles. The maximum absolute atomic E-state index is 10.3. The molecule has 106 valence electrons. The second kappa shape index (κ2) is 5.63. The van der Waals surface area contributed by atoms with Crippen LogP contribution in [0.4, 0.5) is 0 Å². The average Bonchev–Trinajstić information content (AvgIpc) is 2.73. The van der Waals surface area contributed by atoms with Crippen LogP contribution in [0.5, 0.6) is 0 Å². The predicted molar refractivity (Wildman–Crippen MR) is 75.1 cm³/mol. The number of nitrogens with one attached hydrogen (secondary N) is 1. The Morgan fingerprint density at radius 1 is 1.21 bits per heavy atom. The van der Waals surface area contributed by atoms with Crippen molar-refractivity contribution in [1.29, 1.82) is 0 Å². The Bertz CT molecular complexity index is 429. The number of aliphatic hydroxyl groups excluding tert-OH is 1. The number of nitrogens with zero attached hydrogens (tertiary/aromatic N) is 2. The summed E-state index contributed by atoms with van der Waals surface area (Å²) < 4.78 is 2.15. The van der Waals surface area contributed by atoms with Crippen LogP contribution in [0.2, 0.25) is 0 Å². The summed E-state index contributed by atoms with van der Waals surface area (Å²) in [7, 11) is 2.03. The lowest BCUT2D eigenvalue weighted by Gasteiger charge is -2.29. The molecule has 2 aliphatic rings. The first-order chi connectivity index (χ1) is 9.31. The summed E-state index contributed by atoms with van der Waals surface area (Å²) in [5, 5.41) is 18.3. The molecule has 2 N–H and O–H groups in total. The fourth-order valence-electron chi connectivity index (χ4n) is 3.71. The Hall–Kier alpha value is -0.870. The Kier molecular flexibility index (Phi) is 3.89. The van der Waals surface area contributed by atoms with Crippen molar-refractivity contribution >= 4 is 0 Å². The zero-order valence-corrected chi connectivity index (χ0v) is 11.8. The zero-order valence-electron chi connectivity index (χ0n) is 11.8. The van der Waals surface area contributed by atoms with Gasteiger partial charge in [0.1, 0.15) is 0 Å². The molecule has 3 unspecified atom stereocenters. The van der Waals surface area contributed by atoms with Crippen LogP contribution in [0.25, 0.3) is 0 Å². The fraction of sp³-hybridized carbons (Fsp3) is 0.800. The van der Waals surface area contributed by atoms with Gasteiger partial charge in [0.2, 0.25) is 0 Å². The molecule has 1 aromatic heterocycles. The fourth-order valence-corrected chi connectivity index (χ4v) is 3.71. The van der Waals surface area contributed by atoms with Gasteiger partial charge in [0.05, 0.1) is 18.3 Å². The lowest BCUT2D eigenvalue weighted by atomic mass is 9.92. The van der Waals surface area contributed by atoms with Gasteiger partial charge >= 0.3 is 0 Å². The minimum absolute atomic E-state index is 0.202. The van der Waals surface area contributed by atoms with Crippen LogP contribution < -0.4 is 5.32 Å². The molecule has 19 heavy (non-hydrogen) atoms. The van der Waals surface area contributed by atoms with Crippen molar-refractivity contribution in [2.75, 3.05) is 7.05 Å². The summed E-state index contributed by atoms with van der Waals surface area (Å²) in [5.41, 5.74) is 2.72. The molecule has 0 amide bonds. The monoisotopic (exact) mass is 263 g/mol. The molecule has 4 nitrogen and oxygen atoms in total. The van der Waals surface area contributed by atoms with Gasteiger partial charge in [-0.2, -0.15) is 5.10 Å². The highest BCUT2D eigenvalue weighted by Gasteiger charge is 2.30. The van der Waals surface area contributed by atoms with Gasteiger partial charge in [0, 0.05) is 17.3 Å². The highest BCUT2D eigenvalue weighted by molar-refractivity contribution is 5.24. The first-order valence-electron chi connectivity index (χ1n) is 7.73. The van der Waals surface area contributed by atoms with Crippen LogP contribution in [-0.4, -0.2) is 28.0 Å². The molecule has 3 atom stereocenters. The van der Waals surface area contributed by atoms with Crippen LogP contribution in [0, 0.1) is 0 Å². The third kappa shape index (κ3) is 2.43. The second-order valence-corrected chi connectivity index (χ2v) is 6.00. The first-order valence-corrected chi connectivity index (χ1v) is 7.73. The van der Waals surface area contributed by atoms with Crippen molar-refractivity contribution in [3.63, 3.8) is 0 Å². The van der Waals surface area contributed by atoms with E-state index in [9.17, 15) is 5.11 Å². The molecule has 1 fully saturated rings. The summed E-state index contributed by atoms with van der Waals surface area (Å²) in [6, 6.07) is 0.639. The van der Waals surface area contributed by atoms with Crippen molar-refractivity contribution in [2.24, 2.45) is 0 Å². The third-order valence-corrected chi connectivity index (χ3v) is 4.82. The normalized spacial score (nSPS) is 31.8. The molecule has 3 rings (SSSR count). The van der Waals surface area contributed by atoms with Crippen molar-refractivity contribution in [1.82, 2.24) is 15.1 Å². The number of aliphatic hydroxyl groups is 1. The van der Waals surface area contributed by atoms with Crippen molar-refractivity contribution in [3.8, 4) is 0 Å². The van der Waals surface area contributed by atoms with Crippen LogP contribution in [0.15, 0.2) is 6.20 Å². The topological polar surface area (TPSA) is 50.1 Å².